The molecule has 4 N–H and O–H groups in total. The van der Waals surface area contributed by atoms with Crippen LogP contribution in [0.3, 0.4) is 0 Å². The van der Waals surface area contributed by atoms with Crippen molar-refractivity contribution < 1.29 is 20.0 Å². The number of aromatic nitrogens is 1. The van der Waals surface area contributed by atoms with Gasteiger partial charge in [-0.1, -0.05) is 6.07 Å². The molecule has 3 heterocycles. The quantitative estimate of drug-likeness (QED) is 0.500. The lowest BCUT2D eigenvalue weighted by Crippen LogP contribution is -3.27. The molecule has 0 saturated carbocycles. The lowest BCUT2D eigenvalue weighted by Gasteiger charge is -2.32. The Labute approximate surface area is 158 Å². The van der Waals surface area contributed by atoms with Crippen molar-refractivity contribution in [2.75, 3.05) is 39.8 Å². The molecule has 0 bridgehead atoms. The fourth-order valence-electron chi connectivity index (χ4n) is 3.43. The summed E-state index contributed by atoms with van der Waals surface area (Å²) in [5.41, 5.74) is 1.72. The number of nitrogens with zero attached hydrogens (tertiary/aromatic N) is 2. The average Bonchev–Trinajstić information content (AvgIpc) is 3.17. The van der Waals surface area contributed by atoms with Crippen molar-refractivity contribution in [2.24, 2.45) is 4.99 Å². The van der Waals surface area contributed by atoms with Gasteiger partial charge in [0, 0.05) is 23.5 Å². The molecule has 1 fully saturated rings. The van der Waals surface area contributed by atoms with Gasteiger partial charge in [0.25, 0.3) is 0 Å². The summed E-state index contributed by atoms with van der Waals surface area (Å²) in [6.45, 7) is 6.90. The van der Waals surface area contributed by atoms with E-state index >= 15 is 0 Å². The van der Waals surface area contributed by atoms with E-state index in [1.54, 1.807) is 40.5 Å². The molecule has 1 atom stereocenters. The summed E-state index contributed by atoms with van der Waals surface area (Å²) < 4.78 is 0. The van der Waals surface area contributed by atoms with E-state index in [0.717, 1.165) is 13.1 Å². The first kappa shape index (κ1) is 19.0. The second-order valence-electron chi connectivity index (χ2n) is 6.97. The van der Waals surface area contributed by atoms with Crippen LogP contribution in [0.5, 0.6) is 5.75 Å². The number of aliphatic hydroxyl groups excluding tert-OH is 1. The zero-order valence-corrected chi connectivity index (χ0v) is 16.2. The first-order valence-electron chi connectivity index (χ1n) is 9.07. The topological polar surface area (TPSA) is 74.6 Å². The Morgan fingerprint density at radius 1 is 1.35 bits per heavy atom. The van der Waals surface area contributed by atoms with Crippen molar-refractivity contribution in [3.8, 4) is 5.75 Å². The van der Waals surface area contributed by atoms with Crippen molar-refractivity contribution in [2.45, 2.75) is 19.6 Å². The van der Waals surface area contributed by atoms with E-state index in [4.69, 9.17) is 0 Å². The van der Waals surface area contributed by atoms with Gasteiger partial charge < -0.3 is 20.0 Å². The number of aromatic hydroxyl groups is 1. The molecule has 2 aromatic rings. The number of pyridine rings is 1. The van der Waals surface area contributed by atoms with Gasteiger partial charge in [0.05, 0.1) is 30.8 Å². The molecule has 1 aliphatic rings. The number of piperazine rings is 1. The maximum atomic E-state index is 10.3. The molecular formula is C19H28N4O2S+2. The normalized spacial score (nSPS) is 22.0. The zero-order chi connectivity index (χ0) is 18.5. The highest BCUT2D eigenvalue weighted by Gasteiger charge is 2.29. The molecule has 0 aliphatic carbocycles. The number of aliphatic hydroxyl groups is 1. The van der Waals surface area contributed by atoms with Gasteiger partial charge in [-0.05, 0) is 18.4 Å². The fourth-order valence-corrected chi connectivity index (χ4v) is 4.30. The number of likely N-dealkylation sites (N-methyl/N-ethyl adjacent to an activating group) is 1. The molecule has 7 heteroatoms. The highest BCUT2D eigenvalue weighted by Crippen LogP contribution is 2.22. The number of aryl methyl sites for hydroxylation is 1. The van der Waals surface area contributed by atoms with Crippen LogP contribution in [-0.2, 0) is 6.61 Å². The van der Waals surface area contributed by atoms with Crippen LogP contribution in [0.4, 0.5) is 0 Å². The first-order valence-corrected chi connectivity index (χ1v) is 9.95. The van der Waals surface area contributed by atoms with Crippen LogP contribution in [0.2, 0.25) is 0 Å². The van der Waals surface area contributed by atoms with Gasteiger partial charge in [-0.15, -0.1) is 11.3 Å². The molecule has 2 aromatic heterocycles. The molecule has 1 aliphatic heterocycles. The summed E-state index contributed by atoms with van der Waals surface area (Å²) in [5.74, 6) is 0.100. The zero-order valence-electron chi connectivity index (χ0n) is 15.4. The van der Waals surface area contributed by atoms with Crippen LogP contribution in [0.1, 0.15) is 27.7 Å². The minimum absolute atomic E-state index is 0.100. The van der Waals surface area contributed by atoms with E-state index in [1.807, 2.05) is 0 Å². The molecule has 26 heavy (non-hydrogen) atoms. The third kappa shape index (κ3) is 4.29. The smallest absolute Gasteiger partial charge is 0.145 e. The van der Waals surface area contributed by atoms with E-state index in [2.05, 4.69) is 34.5 Å². The molecule has 1 saturated heterocycles. The predicted molar refractivity (Wildman–Crippen MR) is 103 cm³/mol. The summed E-state index contributed by atoms with van der Waals surface area (Å²) in [5, 5.41) is 21.9. The standard InChI is InChI=1S/C19H26N4O2S/c1-14-19(25)16(15(13-24)10-21-14)11-20-12-17(18-4-3-9-26-18)23-7-5-22(2)6-8-23/h3-4,9-11,17,24-25H,5-8,12-13H2,1-2H3/p+2/t17-/m1/s1. The van der Waals surface area contributed by atoms with Crippen LogP contribution in [0.15, 0.2) is 28.7 Å². The van der Waals surface area contributed by atoms with Gasteiger partial charge in [-0.3, -0.25) is 9.98 Å². The molecule has 0 spiro atoms. The molecule has 0 unspecified atom stereocenters. The highest BCUT2D eigenvalue weighted by molar-refractivity contribution is 7.10. The lowest BCUT2D eigenvalue weighted by molar-refractivity contribution is -1.02. The molecule has 0 amide bonds. The SMILES string of the molecule is Cc1ncc(CO)c(C=NC[C@H](c2cccs2)[NH+]2CC[NH+](C)CC2)c1O. The summed E-state index contributed by atoms with van der Waals surface area (Å²) >= 11 is 1.78. The van der Waals surface area contributed by atoms with Crippen molar-refractivity contribution in [1.29, 1.82) is 0 Å². The van der Waals surface area contributed by atoms with E-state index < -0.39 is 0 Å². The van der Waals surface area contributed by atoms with Crippen molar-refractivity contribution in [3.63, 3.8) is 0 Å². The number of nitrogens with one attached hydrogen (secondary N) is 2. The van der Waals surface area contributed by atoms with Crippen molar-refractivity contribution in [1.82, 2.24) is 4.98 Å². The minimum atomic E-state index is -0.164. The second-order valence-corrected chi connectivity index (χ2v) is 7.95. The number of aliphatic imine (C=N–C) groups is 1. The van der Waals surface area contributed by atoms with Crippen molar-refractivity contribution >= 4 is 17.6 Å². The van der Waals surface area contributed by atoms with E-state index in [0.29, 0.717) is 29.4 Å². The van der Waals surface area contributed by atoms with Crippen LogP contribution >= 0.6 is 11.3 Å². The number of hydrogen-bond donors (Lipinski definition) is 4. The fraction of sp³-hybridized carbons (Fsp3) is 0.474. The molecule has 140 valence electrons. The summed E-state index contributed by atoms with van der Waals surface area (Å²) in [6, 6.07) is 4.62. The largest absolute Gasteiger partial charge is 0.505 e. The average molecular weight is 377 g/mol. The number of quaternary nitrogens is 2. The minimum Gasteiger partial charge on any atom is -0.505 e. The summed E-state index contributed by atoms with van der Waals surface area (Å²) in [6.07, 6.45) is 3.29. The summed E-state index contributed by atoms with van der Waals surface area (Å²) in [7, 11) is 2.25. The van der Waals surface area contributed by atoms with Gasteiger partial charge in [-0.2, -0.15) is 0 Å². The Morgan fingerprint density at radius 2 is 2.12 bits per heavy atom. The first-order chi connectivity index (χ1) is 12.6. The van der Waals surface area contributed by atoms with E-state index in [-0.39, 0.29) is 12.4 Å². The maximum absolute atomic E-state index is 10.3. The van der Waals surface area contributed by atoms with E-state index in [1.165, 1.54) is 18.0 Å². The van der Waals surface area contributed by atoms with Crippen LogP contribution in [-0.4, -0.2) is 61.2 Å². The lowest BCUT2D eigenvalue weighted by atomic mass is 10.1. The molecular weight excluding hydrogens is 348 g/mol. The van der Waals surface area contributed by atoms with Gasteiger partial charge in [0.2, 0.25) is 0 Å². The maximum Gasteiger partial charge on any atom is 0.145 e. The monoisotopic (exact) mass is 376 g/mol. The third-order valence-electron chi connectivity index (χ3n) is 5.16. The van der Waals surface area contributed by atoms with Gasteiger partial charge in [-0.25, -0.2) is 0 Å². The second kappa shape index (κ2) is 8.73. The number of hydrogen-bond acceptors (Lipinski definition) is 5. The predicted octanol–water partition coefficient (Wildman–Crippen LogP) is -0.777. The van der Waals surface area contributed by atoms with E-state index in [9.17, 15) is 10.2 Å². The van der Waals surface area contributed by atoms with Gasteiger partial charge in [0.1, 0.15) is 38.0 Å². The highest BCUT2D eigenvalue weighted by atomic mass is 32.1. The Kier molecular flexibility index (Phi) is 6.37. The molecule has 0 radical (unpaired) electrons. The molecule has 6 nitrogen and oxygen atoms in total. The third-order valence-corrected chi connectivity index (χ3v) is 6.15. The molecule has 3 rings (SSSR count). The Hall–Kier alpha value is -1.80. The summed E-state index contributed by atoms with van der Waals surface area (Å²) in [4.78, 5) is 13.3. The Balaban J connectivity index is 1.78. The van der Waals surface area contributed by atoms with Gasteiger partial charge in [0.15, 0.2) is 0 Å². The Bertz CT molecular complexity index is 740. The van der Waals surface area contributed by atoms with Crippen LogP contribution in [0.25, 0.3) is 0 Å². The van der Waals surface area contributed by atoms with Crippen LogP contribution in [0, 0.1) is 6.92 Å². The number of thiophene rings is 1. The Morgan fingerprint density at radius 3 is 2.77 bits per heavy atom. The molecule has 0 aromatic carbocycles. The number of rotatable bonds is 6. The van der Waals surface area contributed by atoms with Gasteiger partial charge >= 0.3 is 0 Å². The van der Waals surface area contributed by atoms with Crippen molar-refractivity contribution in [3.05, 3.63) is 45.4 Å². The van der Waals surface area contributed by atoms with Crippen LogP contribution < -0.4 is 9.80 Å².